The van der Waals surface area contributed by atoms with Crippen LogP contribution in [0.3, 0.4) is 0 Å². The van der Waals surface area contributed by atoms with Gasteiger partial charge in [-0.15, -0.1) is 0 Å². The molecule has 0 saturated carbocycles. The van der Waals surface area contributed by atoms with E-state index in [1.807, 2.05) is 39.6 Å². The summed E-state index contributed by atoms with van der Waals surface area (Å²) in [5.74, 6) is 2.69. The number of hydrogen-bond donors (Lipinski definition) is 1. The molecule has 6 rings (SSSR count). The Hall–Kier alpha value is -4.04. The molecule has 0 fully saturated rings. The van der Waals surface area contributed by atoms with Crippen molar-refractivity contribution in [1.29, 1.82) is 0 Å². The summed E-state index contributed by atoms with van der Waals surface area (Å²) in [7, 11) is 0. The summed E-state index contributed by atoms with van der Waals surface area (Å²) >= 11 is 0. The Morgan fingerprint density at radius 2 is 1.51 bits per heavy atom. The third-order valence-corrected chi connectivity index (χ3v) is 8.64. The van der Waals surface area contributed by atoms with Gasteiger partial charge in [-0.3, -0.25) is 9.55 Å². The molecule has 4 heterocycles. The van der Waals surface area contributed by atoms with Crippen molar-refractivity contribution < 1.29 is 32.1 Å². The van der Waals surface area contributed by atoms with E-state index in [4.69, 9.17) is 19.9 Å². The number of fused-ring (bicyclic) bond motifs is 1. The van der Waals surface area contributed by atoms with E-state index >= 15 is 0 Å². The molecule has 0 aliphatic rings. The van der Waals surface area contributed by atoms with E-state index in [2.05, 4.69) is 92.9 Å². The molecule has 0 atom stereocenters. The minimum atomic E-state index is -0.170. The van der Waals surface area contributed by atoms with Crippen LogP contribution in [0.4, 0.5) is 0 Å². The van der Waals surface area contributed by atoms with Gasteiger partial charge < -0.3 is 14.7 Å². The van der Waals surface area contributed by atoms with Gasteiger partial charge in [0.2, 0.25) is 0 Å². The number of para-hydroxylation sites is 1. The summed E-state index contributed by atoms with van der Waals surface area (Å²) in [5.41, 5.74) is 9.86. The first kappa shape index (κ1) is 34.3. The standard InChI is InChI=1S/C39H43N6O.Au/c1-23(2)26-16-30(24(3)4)36(31(17-26)25(5)6)27-18-34(42-21-27)44-22-45(38-37(44)40-14-15-41-38)35-20-28(39(7,8)9)19-32(43-35)29-12-10-11-13-33(29)46;/h10-21,23-25H,1-9H3,(H,43,46);/q-1;. The van der Waals surface area contributed by atoms with Crippen molar-refractivity contribution in [2.24, 2.45) is 0 Å². The maximum atomic E-state index is 10.7. The van der Waals surface area contributed by atoms with Crippen LogP contribution in [-0.2, 0) is 27.8 Å². The van der Waals surface area contributed by atoms with Crippen LogP contribution in [0.1, 0.15) is 102 Å². The largest absolute Gasteiger partial charge is 0.507 e. The van der Waals surface area contributed by atoms with Crippen molar-refractivity contribution in [3.63, 3.8) is 0 Å². The van der Waals surface area contributed by atoms with Crippen LogP contribution in [0.15, 0.2) is 73.2 Å². The third kappa shape index (κ3) is 6.57. The second-order valence-electron chi connectivity index (χ2n) is 14.1. The normalized spacial score (nSPS) is 12.0. The molecule has 2 aromatic carbocycles. The zero-order valence-electron chi connectivity index (χ0n) is 28.6. The van der Waals surface area contributed by atoms with Gasteiger partial charge in [0.15, 0.2) is 17.8 Å². The van der Waals surface area contributed by atoms with Crippen LogP contribution in [-0.4, -0.2) is 24.6 Å². The van der Waals surface area contributed by atoms with E-state index in [-0.39, 0.29) is 33.5 Å². The molecule has 1 radical (unpaired) electrons. The summed E-state index contributed by atoms with van der Waals surface area (Å²) in [6, 6.07) is 18.2. The van der Waals surface area contributed by atoms with Crippen molar-refractivity contribution in [3.05, 3.63) is 102 Å². The van der Waals surface area contributed by atoms with E-state index in [0.717, 1.165) is 11.1 Å². The van der Waals surface area contributed by atoms with Gasteiger partial charge in [0, 0.05) is 28.2 Å². The topological polar surface area (TPSA) is 81.8 Å². The van der Waals surface area contributed by atoms with Gasteiger partial charge in [-0.25, -0.2) is 0 Å². The molecule has 0 saturated heterocycles. The average molecular weight is 809 g/mol. The zero-order valence-corrected chi connectivity index (χ0v) is 30.8. The van der Waals surface area contributed by atoms with Gasteiger partial charge >= 0.3 is 0 Å². The van der Waals surface area contributed by atoms with Crippen LogP contribution in [0, 0.1) is 6.33 Å². The van der Waals surface area contributed by atoms with E-state index in [9.17, 15) is 5.11 Å². The van der Waals surface area contributed by atoms with Crippen LogP contribution >= 0.6 is 0 Å². The molecule has 4 aromatic heterocycles. The minimum Gasteiger partial charge on any atom is -0.507 e. The molecule has 7 nitrogen and oxygen atoms in total. The van der Waals surface area contributed by atoms with Crippen molar-refractivity contribution in [1.82, 2.24) is 24.5 Å². The Morgan fingerprint density at radius 1 is 0.851 bits per heavy atom. The fourth-order valence-corrected chi connectivity index (χ4v) is 5.94. The third-order valence-electron chi connectivity index (χ3n) is 8.64. The molecule has 0 aliphatic heterocycles. The minimum absolute atomic E-state index is 0. The number of nitrogens with zero attached hydrogens (tertiary/aromatic N) is 6. The second kappa shape index (κ2) is 13.2. The summed E-state index contributed by atoms with van der Waals surface area (Å²) in [4.78, 5) is 19.3. The fourth-order valence-electron chi connectivity index (χ4n) is 5.94. The molecule has 0 spiro atoms. The SMILES string of the molecule is CC(C)c1cc(C(C)C)c(-c2c[n-]c(-n3[c-][n+](-c4cc(C(C)(C)C)cc(-c5ccccc5O)n4)c4nccnc43)c2)c(C(C)C)c1.[Au]. The number of aromatic hydroxyl groups is 1. The quantitative estimate of drug-likeness (QED) is 0.0994. The molecule has 0 aliphatic carbocycles. The fraction of sp³-hybridized carbons (Fsp3) is 0.333. The molecule has 0 unspecified atom stereocenters. The van der Waals surface area contributed by atoms with E-state index < -0.39 is 0 Å². The number of aromatic nitrogens is 6. The molecule has 1 N–H and O–H groups in total. The molecule has 0 amide bonds. The van der Waals surface area contributed by atoms with Crippen LogP contribution in [0.5, 0.6) is 5.75 Å². The van der Waals surface area contributed by atoms with Gasteiger partial charge in [-0.05, 0) is 80.8 Å². The molecule has 0 bridgehead atoms. The Labute approximate surface area is 293 Å². The summed E-state index contributed by atoms with van der Waals surface area (Å²) in [6.45, 7) is 20.1. The number of rotatable bonds is 7. The van der Waals surface area contributed by atoms with Crippen molar-refractivity contribution in [3.8, 4) is 39.8 Å². The molecular formula is C39H43AuN6O-. The monoisotopic (exact) mass is 808 g/mol. The number of phenolic OH excluding ortho intramolecular Hbond substituents is 1. The van der Waals surface area contributed by atoms with Gasteiger partial charge in [-0.1, -0.05) is 98.8 Å². The smallest absolute Gasteiger partial charge is 0.192 e. The van der Waals surface area contributed by atoms with Gasteiger partial charge in [0.1, 0.15) is 17.1 Å². The zero-order chi connectivity index (χ0) is 32.9. The van der Waals surface area contributed by atoms with Crippen LogP contribution in [0.2, 0.25) is 0 Å². The average Bonchev–Trinajstić information content (AvgIpc) is 3.65. The predicted molar refractivity (Wildman–Crippen MR) is 184 cm³/mol. The van der Waals surface area contributed by atoms with Crippen molar-refractivity contribution in [2.45, 2.75) is 85.5 Å². The second-order valence-corrected chi connectivity index (χ2v) is 14.1. The molecule has 47 heavy (non-hydrogen) atoms. The summed E-state index contributed by atoms with van der Waals surface area (Å²) in [6.07, 6.45) is 8.81. The maximum Gasteiger partial charge on any atom is 0.192 e. The predicted octanol–water partition coefficient (Wildman–Crippen LogP) is 8.55. The Bertz CT molecular complexity index is 2020. The molecule has 8 heteroatoms. The Kier molecular flexibility index (Phi) is 9.65. The Morgan fingerprint density at radius 3 is 2.13 bits per heavy atom. The maximum absolute atomic E-state index is 10.7. The van der Waals surface area contributed by atoms with Crippen LogP contribution < -0.4 is 9.55 Å². The first-order chi connectivity index (χ1) is 21.8. The number of benzene rings is 2. The summed E-state index contributed by atoms with van der Waals surface area (Å²) in [5, 5.41) is 10.7. The van der Waals surface area contributed by atoms with E-state index in [1.165, 1.54) is 22.3 Å². The number of pyridine rings is 1. The van der Waals surface area contributed by atoms with Crippen molar-refractivity contribution in [2.75, 3.05) is 0 Å². The van der Waals surface area contributed by atoms with E-state index in [1.54, 1.807) is 18.5 Å². The van der Waals surface area contributed by atoms with E-state index in [0.29, 0.717) is 51.9 Å². The molecule has 247 valence electrons. The number of hydrogen-bond acceptors (Lipinski definition) is 4. The first-order valence-electron chi connectivity index (χ1n) is 16.1. The first-order valence-corrected chi connectivity index (χ1v) is 16.1. The number of phenols is 1. The van der Waals surface area contributed by atoms with Gasteiger partial charge in [-0.2, -0.15) is 9.97 Å². The molecule has 6 aromatic rings. The van der Waals surface area contributed by atoms with Gasteiger partial charge in [0.05, 0.1) is 18.0 Å². The number of imidazole rings is 1. The van der Waals surface area contributed by atoms with Crippen LogP contribution in [0.25, 0.3) is 45.3 Å². The Balaban J connectivity index is 0.00000433. The van der Waals surface area contributed by atoms with Gasteiger partial charge in [0.25, 0.3) is 0 Å². The molecular weight excluding hydrogens is 765 g/mol. The van der Waals surface area contributed by atoms with Crippen molar-refractivity contribution >= 4 is 11.3 Å². The summed E-state index contributed by atoms with van der Waals surface area (Å²) < 4.78 is 3.70.